The van der Waals surface area contributed by atoms with E-state index in [1.807, 2.05) is 65.6 Å². The van der Waals surface area contributed by atoms with Gasteiger partial charge in [0.2, 0.25) is 5.82 Å². The molecule has 1 saturated heterocycles. The molecule has 5 rings (SSSR count). The summed E-state index contributed by atoms with van der Waals surface area (Å²) < 4.78 is 1.79. The third-order valence-corrected chi connectivity index (χ3v) is 6.41. The standard InChI is InChI=1S/C24H26N4O/c29-24(27-16-15-18-9-7-8-12-20(18)17-27)22-25-23(19-10-3-1-4-11-19)28(26-22)21-13-5-2-6-14-21/h1-6,10-11,13-14,18,20H,7-9,12,15-17H2/t18-,20+/m0/s1. The van der Waals surface area contributed by atoms with E-state index in [1.165, 1.54) is 25.7 Å². The minimum atomic E-state index is -0.0408. The van der Waals surface area contributed by atoms with E-state index < -0.39 is 0 Å². The van der Waals surface area contributed by atoms with E-state index in [9.17, 15) is 4.79 Å². The van der Waals surface area contributed by atoms with Gasteiger partial charge < -0.3 is 4.90 Å². The molecule has 3 aromatic rings. The highest BCUT2D eigenvalue weighted by atomic mass is 16.2. The molecule has 2 heterocycles. The number of hydrogen-bond acceptors (Lipinski definition) is 3. The first-order valence-electron chi connectivity index (χ1n) is 10.7. The van der Waals surface area contributed by atoms with E-state index in [0.29, 0.717) is 17.6 Å². The van der Waals surface area contributed by atoms with Gasteiger partial charge in [-0.2, -0.15) is 0 Å². The Kier molecular flexibility index (Phi) is 4.88. The second-order valence-corrected chi connectivity index (χ2v) is 8.22. The van der Waals surface area contributed by atoms with Gasteiger partial charge in [0.05, 0.1) is 5.69 Å². The summed E-state index contributed by atoms with van der Waals surface area (Å²) >= 11 is 0. The molecule has 5 heteroatoms. The van der Waals surface area contributed by atoms with Crippen LogP contribution in [0.15, 0.2) is 60.7 Å². The second kappa shape index (κ2) is 7.82. The smallest absolute Gasteiger partial charge is 0.293 e. The van der Waals surface area contributed by atoms with Crippen LogP contribution in [0.1, 0.15) is 42.7 Å². The van der Waals surface area contributed by atoms with E-state index in [4.69, 9.17) is 4.98 Å². The van der Waals surface area contributed by atoms with Crippen molar-refractivity contribution in [2.45, 2.75) is 32.1 Å². The number of para-hydroxylation sites is 1. The van der Waals surface area contributed by atoms with Gasteiger partial charge in [0.1, 0.15) is 0 Å². The van der Waals surface area contributed by atoms with Crippen molar-refractivity contribution in [1.82, 2.24) is 19.7 Å². The van der Waals surface area contributed by atoms with Crippen LogP contribution in [0.25, 0.3) is 17.1 Å². The fraction of sp³-hybridized carbons (Fsp3) is 0.375. The Morgan fingerprint density at radius 2 is 1.55 bits per heavy atom. The number of carbonyl (C=O) groups excluding carboxylic acids is 1. The summed E-state index contributed by atoms with van der Waals surface area (Å²) in [5, 5.41) is 4.65. The van der Waals surface area contributed by atoms with Gasteiger partial charge in [-0.1, -0.05) is 67.8 Å². The molecule has 2 atom stereocenters. The molecule has 1 aromatic heterocycles. The lowest BCUT2D eigenvalue weighted by molar-refractivity contribution is 0.0510. The fourth-order valence-corrected chi connectivity index (χ4v) is 4.85. The van der Waals surface area contributed by atoms with E-state index in [-0.39, 0.29) is 5.91 Å². The van der Waals surface area contributed by atoms with Crippen LogP contribution in [-0.2, 0) is 0 Å². The maximum absolute atomic E-state index is 13.3. The number of fused-ring (bicyclic) bond motifs is 1. The first-order chi connectivity index (χ1) is 14.3. The van der Waals surface area contributed by atoms with Crippen molar-refractivity contribution in [3.05, 3.63) is 66.5 Å². The molecule has 2 aromatic carbocycles. The molecule has 1 amide bonds. The van der Waals surface area contributed by atoms with Gasteiger partial charge in [0.15, 0.2) is 5.82 Å². The number of aromatic nitrogens is 3. The van der Waals surface area contributed by atoms with Crippen LogP contribution in [-0.4, -0.2) is 38.7 Å². The van der Waals surface area contributed by atoms with Crippen molar-refractivity contribution in [2.24, 2.45) is 11.8 Å². The van der Waals surface area contributed by atoms with Gasteiger partial charge in [0, 0.05) is 18.7 Å². The van der Waals surface area contributed by atoms with Crippen molar-refractivity contribution >= 4 is 5.91 Å². The van der Waals surface area contributed by atoms with Gasteiger partial charge in [0.25, 0.3) is 5.91 Å². The Morgan fingerprint density at radius 3 is 2.31 bits per heavy atom. The summed E-state index contributed by atoms with van der Waals surface area (Å²) in [7, 11) is 0. The SMILES string of the molecule is O=C(c1nc(-c2ccccc2)n(-c2ccccc2)n1)N1CC[C@@H]2CCCC[C@@H]2C1. The molecule has 0 spiro atoms. The molecule has 2 fully saturated rings. The zero-order chi connectivity index (χ0) is 19.6. The van der Waals surface area contributed by atoms with Crippen LogP contribution < -0.4 is 0 Å². The third kappa shape index (κ3) is 3.57. The Bertz CT molecular complexity index is 926. The Balaban J connectivity index is 1.47. The molecule has 0 bridgehead atoms. The monoisotopic (exact) mass is 386 g/mol. The van der Waals surface area contributed by atoms with E-state index in [2.05, 4.69) is 5.10 Å². The van der Waals surface area contributed by atoms with E-state index in [1.54, 1.807) is 4.68 Å². The van der Waals surface area contributed by atoms with E-state index >= 15 is 0 Å². The predicted molar refractivity (Wildman–Crippen MR) is 113 cm³/mol. The number of amides is 1. The number of nitrogens with zero attached hydrogens (tertiary/aromatic N) is 4. The number of hydrogen-bond donors (Lipinski definition) is 0. The lowest BCUT2D eigenvalue weighted by atomic mass is 9.75. The first-order valence-corrected chi connectivity index (χ1v) is 10.7. The van der Waals surface area contributed by atoms with Crippen molar-refractivity contribution in [3.8, 4) is 17.1 Å². The van der Waals surface area contributed by atoms with Crippen LogP contribution in [0.2, 0.25) is 0 Å². The predicted octanol–water partition coefficient (Wildman–Crippen LogP) is 4.59. The lowest BCUT2D eigenvalue weighted by Crippen LogP contribution is -2.45. The average molecular weight is 386 g/mol. The molecule has 0 radical (unpaired) electrons. The molecule has 0 N–H and O–H groups in total. The second-order valence-electron chi connectivity index (χ2n) is 8.22. The highest BCUT2D eigenvalue weighted by molar-refractivity contribution is 5.91. The highest BCUT2D eigenvalue weighted by Crippen LogP contribution is 2.36. The fourth-order valence-electron chi connectivity index (χ4n) is 4.85. The number of benzene rings is 2. The largest absolute Gasteiger partial charge is 0.336 e. The number of carbonyl (C=O) groups is 1. The lowest BCUT2D eigenvalue weighted by Gasteiger charge is -2.40. The molecule has 1 saturated carbocycles. The molecule has 5 nitrogen and oxygen atoms in total. The van der Waals surface area contributed by atoms with Gasteiger partial charge in [-0.3, -0.25) is 4.79 Å². The number of likely N-dealkylation sites (tertiary alicyclic amines) is 1. The molecule has 2 aliphatic rings. The maximum Gasteiger partial charge on any atom is 0.293 e. The van der Waals surface area contributed by atoms with Crippen LogP contribution in [0.4, 0.5) is 0 Å². The molecule has 0 unspecified atom stereocenters. The van der Waals surface area contributed by atoms with Crippen LogP contribution in [0.3, 0.4) is 0 Å². The van der Waals surface area contributed by atoms with Crippen LogP contribution in [0.5, 0.6) is 0 Å². The average Bonchev–Trinajstić information content (AvgIpc) is 3.25. The molecule has 1 aliphatic heterocycles. The number of rotatable bonds is 3. The topological polar surface area (TPSA) is 51.0 Å². The zero-order valence-electron chi connectivity index (χ0n) is 16.6. The van der Waals surface area contributed by atoms with Crippen molar-refractivity contribution in [3.63, 3.8) is 0 Å². The molecule has 29 heavy (non-hydrogen) atoms. The minimum absolute atomic E-state index is 0.0408. The van der Waals surface area contributed by atoms with Crippen LogP contribution in [0, 0.1) is 11.8 Å². The molecule has 1 aliphatic carbocycles. The normalized spacial score (nSPS) is 21.6. The summed E-state index contributed by atoms with van der Waals surface area (Å²) in [6, 6.07) is 19.9. The highest BCUT2D eigenvalue weighted by Gasteiger charge is 2.34. The van der Waals surface area contributed by atoms with Crippen molar-refractivity contribution in [1.29, 1.82) is 0 Å². The third-order valence-electron chi connectivity index (χ3n) is 6.41. The summed E-state index contributed by atoms with van der Waals surface area (Å²) in [6.07, 6.45) is 6.32. The summed E-state index contributed by atoms with van der Waals surface area (Å²) in [6.45, 7) is 1.67. The van der Waals surface area contributed by atoms with E-state index in [0.717, 1.165) is 36.7 Å². The molecular formula is C24H26N4O. The minimum Gasteiger partial charge on any atom is -0.336 e. The maximum atomic E-state index is 13.3. The summed E-state index contributed by atoms with van der Waals surface area (Å²) in [4.78, 5) is 20.0. The zero-order valence-corrected chi connectivity index (χ0v) is 16.6. The van der Waals surface area contributed by atoms with Crippen molar-refractivity contribution in [2.75, 3.05) is 13.1 Å². The quantitative estimate of drug-likeness (QED) is 0.662. The van der Waals surface area contributed by atoms with Crippen LogP contribution >= 0.6 is 0 Å². The number of piperidine rings is 1. The Morgan fingerprint density at radius 1 is 0.862 bits per heavy atom. The van der Waals surface area contributed by atoms with Crippen molar-refractivity contribution < 1.29 is 4.79 Å². The summed E-state index contributed by atoms with van der Waals surface area (Å²) in [5.41, 5.74) is 1.86. The molecule has 148 valence electrons. The first kappa shape index (κ1) is 18.1. The Hall–Kier alpha value is -2.95. The van der Waals surface area contributed by atoms with Gasteiger partial charge in [-0.25, -0.2) is 9.67 Å². The molecular weight excluding hydrogens is 360 g/mol. The van der Waals surface area contributed by atoms with Gasteiger partial charge in [-0.15, -0.1) is 5.10 Å². The Labute approximate surface area is 171 Å². The van der Waals surface area contributed by atoms with Gasteiger partial charge in [-0.05, 0) is 36.8 Å². The summed E-state index contributed by atoms with van der Waals surface area (Å²) in [5.74, 6) is 2.39. The van der Waals surface area contributed by atoms with Gasteiger partial charge >= 0.3 is 0 Å².